The van der Waals surface area contributed by atoms with E-state index in [9.17, 15) is 4.39 Å². The highest BCUT2D eigenvalue weighted by Crippen LogP contribution is 2.33. The molecule has 1 atom stereocenters. The van der Waals surface area contributed by atoms with Gasteiger partial charge < -0.3 is 20.1 Å². The van der Waals surface area contributed by atoms with Crippen molar-refractivity contribution in [1.82, 2.24) is 39.6 Å². The molecule has 2 aliphatic heterocycles. The van der Waals surface area contributed by atoms with Crippen LogP contribution in [0.4, 0.5) is 20.5 Å². The molecule has 5 heterocycles. The number of halogens is 2. The van der Waals surface area contributed by atoms with Crippen molar-refractivity contribution in [3.05, 3.63) is 59.7 Å². The zero-order valence-corrected chi connectivity index (χ0v) is 24.0. The first kappa shape index (κ1) is 27.6. The molecule has 11 heteroatoms. The minimum atomic E-state index is -0.634. The van der Waals surface area contributed by atoms with Crippen LogP contribution < -0.4 is 10.6 Å². The maximum atomic E-state index is 15.1. The molecule has 0 spiro atoms. The van der Waals surface area contributed by atoms with Crippen molar-refractivity contribution in [3.8, 4) is 11.3 Å². The first-order valence-corrected chi connectivity index (χ1v) is 14.4. The molecule has 3 aromatic heterocycles. The van der Waals surface area contributed by atoms with Crippen LogP contribution >= 0.6 is 0 Å². The van der Waals surface area contributed by atoms with Gasteiger partial charge in [0.1, 0.15) is 22.9 Å². The molecule has 6 rings (SSSR count). The minimum Gasteiger partial charge on any atom is -0.326 e. The number of likely N-dealkylation sites (N-methyl/N-ethyl adjacent to an activating group) is 1. The normalized spacial score (nSPS) is 17.7. The van der Waals surface area contributed by atoms with Crippen LogP contribution in [0.25, 0.3) is 22.3 Å². The van der Waals surface area contributed by atoms with Crippen molar-refractivity contribution in [2.24, 2.45) is 5.92 Å². The number of rotatable bonds is 8. The van der Waals surface area contributed by atoms with E-state index in [-0.39, 0.29) is 23.2 Å². The first-order chi connectivity index (χ1) is 19.8. The molecule has 2 N–H and O–H groups in total. The summed E-state index contributed by atoms with van der Waals surface area (Å²) in [6, 6.07) is 7.41. The molecule has 2 aliphatic rings. The number of anilines is 2. The fourth-order valence-corrected chi connectivity index (χ4v) is 6.13. The Labute approximate surface area is 239 Å². The summed E-state index contributed by atoms with van der Waals surface area (Å²) in [7, 11) is 0. The molecule has 0 bridgehead atoms. The number of benzene rings is 1. The summed E-state index contributed by atoms with van der Waals surface area (Å²) in [6.45, 7) is 15.4. The monoisotopic (exact) mass is 561 g/mol. The molecule has 1 unspecified atom stereocenters. The second-order valence-electron chi connectivity index (χ2n) is 11.3. The predicted octanol–water partition coefficient (Wildman–Crippen LogP) is 4.70. The Morgan fingerprint density at radius 3 is 2.41 bits per heavy atom. The number of hydrogen-bond acceptors (Lipinski definition) is 8. The predicted molar refractivity (Wildman–Crippen MR) is 156 cm³/mol. The van der Waals surface area contributed by atoms with E-state index in [1.54, 1.807) is 6.07 Å². The van der Waals surface area contributed by atoms with E-state index >= 15 is 4.39 Å². The number of aromatic nitrogens is 5. The lowest BCUT2D eigenvalue weighted by Gasteiger charge is -2.45. The van der Waals surface area contributed by atoms with Crippen molar-refractivity contribution >= 4 is 22.8 Å². The smallest absolute Gasteiger partial charge is 0.229 e. The highest BCUT2D eigenvalue weighted by atomic mass is 19.1. The lowest BCUT2D eigenvalue weighted by molar-refractivity contribution is 0.0551. The maximum Gasteiger partial charge on any atom is 0.229 e. The Kier molecular flexibility index (Phi) is 7.67. The zero-order valence-electron chi connectivity index (χ0n) is 24.0. The summed E-state index contributed by atoms with van der Waals surface area (Å²) in [4.78, 5) is 22.6. The fraction of sp³-hybridized carbons (Fsp3) is 0.467. The SMILES string of the molecule is CCN1CCN(C(c2ccc(Nc3ncc(F)c(-c4cc(F)c5nc(C)n(C(C)C)c5c4)n3)nc2)C2CNC2)CC1. The fourth-order valence-electron chi connectivity index (χ4n) is 6.13. The molecule has 4 aromatic rings. The van der Waals surface area contributed by atoms with Crippen LogP contribution in [0.15, 0.2) is 36.7 Å². The van der Waals surface area contributed by atoms with Gasteiger partial charge >= 0.3 is 0 Å². The molecule has 2 saturated heterocycles. The van der Waals surface area contributed by atoms with Crippen molar-refractivity contribution < 1.29 is 8.78 Å². The minimum absolute atomic E-state index is 0.0119. The van der Waals surface area contributed by atoms with Crippen molar-refractivity contribution in [2.45, 2.75) is 39.8 Å². The average molecular weight is 562 g/mol. The van der Waals surface area contributed by atoms with Gasteiger partial charge in [0.15, 0.2) is 11.6 Å². The van der Waals surface area contributed by atoms with E-state index in [0.29, 0.717) is 34.7 Å². The number of pyridine rings is 1. The van der Waals surface area contributed by atoms with Gasteiger partial charge in [0.05, 0.1) is 11.7 Å². The molecule has 9 nitrogen and oxygen atoms in total. The summed E-state index contributed by atoms with van der Waals surface area (Å²) in [5, 5.41) is 6.51. The summed E-state index contributed by atoms with van der Waals surface area (Å²) in [6.07, 6.45) is 3.02. The topological polar surface area (TPSA) is 87.0 Å². The van der Waals surface area contributed by atoms with Gasteiger partial charge in [0, 0.05) is 69.0 Å². The zero-order chi connectivity index (χ0) is 28.7. The molecule has 41 heavy (non-hydrogen) atoms. The Balaban J connectivity index is 1.24. The Morgan fingerprint density at radius 1 is 1.00 bits per heavy atom. The highest BCUT2D eigenvalue weighted by Gasteiger charge is 2.34. The lowest BCUT2D eigenvalue weighted by atomic mass is 9.87. The van der Waals surface area contributed by atoms with Gasteiger partial charge in [-0.05, 0) is 51.1 Å². The van der Waals surface area contributed by atoms with Crippen LogP contribution in [0.1, 0.15) is 44.2 Å². The van der Waals surface area contributed by atoms with E-state index < -0.39 is 11.6 Å². The van der Waals surface area contributed by atoms with Gasteiger partial charge in [-0.15, -0.1) is 0 Å². The number of imidazole rings is 1. The number of hydrogen-bond donors (Lipinski definition) is 2. The summed E-state index contributed by atoms with van der Waals surface area (Å²) in [5.74, 6) is 0.849. The maximum absolute atomic E-state index is 15.1. The molecule has 1 aromatic carbocycles. The van der Waals surface area contributed by atoms with Gasteiger partial charge in [-0.2, -0.15) is 0 Å². The molecular formula is C30H37F2N9. The summed E-state index contributed by atoms with van der Waals surface area (Å²) in [5.41, 5.74) is 2.39. The lowest BCUT2D eigenvalue weighted by Crippen LogP contribution is -2.54. The van der Waals surface area contributed by atoms with Gasteiger partial charge in [0.25, 0.3) is 0 Å². The molecule has 2 fully saturated rings. The quantitative estimate of drug-likeness (QED) is 0.320. The number of fused-ring (bicyclic) bond motifs is 1. The number of aryl methyl sites for hydroxylation is 1. The van der Waals surface area contributed by atoms with E-state index in [1.165, 1.54) is 11.6 Å². The number of piperazine rings is 1. The second kappa shape index (κ2) is 11.4. The van der Waals surface area contributed by atoms with E-state index in [4.69, 9.17) is 0 Å². The standard InChI is InChI=1S/C30H37F2N9/c1-5-39-8-10-40(11-9-39)29(22-14-33-15-22)20-6-7-26(34-16-20)37-30-35-17-24(32)27(38-30)21-12-23(31)28-25(13-21)41(18(2)3)19(4)36-28/h6-7,12-13,16-18,22,29,33H,5,8-11,14-15H2,1-4H3,(H,34,35,37,38). The largest absolute Gasteiger partial charge is 0.326 e. The number of nitrogens with zero attached hydrogens (tertiary/aromatic N) is 7. The summed E-state index contributed by atoms with van der Waals surface area (Å²) < 4.78 is 31.9. The van der Waals surface area contributed by atoms with Crippen LogP contribution in [0, 0.1) is 24.5 Å². The third kappa shape index (κ3) is 5.41. The molecule has 0 amide bonds. The summed E-state index contributed by atoms with van der Waals surface area (Å²) >= 11 is 0. The van der Waals surface area contributed by atoms with E-state index in [1.807, 2.05) is 37.6 Å². The van der Waals surface area contributed by atoms with Gasteiger partial charge in [-0.1, -0.05) is 13.0 Å². The molecule has 0 aliphatic carbocycles. The van der Waals surface area contributed by atoms with Gasteiger partial charge in [0.2, 0.25) is 5.95 Å². The molecular weight excluding hydrogens is 524 g/mol. The van der Waals surface area contributed by atoms with Crippen LogP contribution in [0.3, 0.4) is 0 Å². The van der Waals surface area contributed by atoms with Gasteiger partial charge in [-0.25, -0.2) is 28.7 Å². The Hall–Kier alpha value is -3.54. The van der Waals surface area contributed by atoms with Crippen LogP contribution in [0.2, 0.25) is 0 Å². The van der Waals surface area contributed by atoms with Crippen molar-refractivity contribution in [2.75, 3.05) is 51.1 Å². The first-order valence-electron chi connectivity index (χ1n) is 14.4. The number of nitrogens with one attached hydrogen (secondary N) is 2. The Morgan fingerprint density at radius 2 is 1.78 bits per heavy atom. The molecule has 0 radical (unpaired) electrons. The molecule has 216 valence electrons. The van der Waals surface area contributed by atoms with E-state index in [2.05, 4.69) is 53.4 Å². The van der Waals surface area contributed by atoms with Crippen LogP contribution in [0.5, 0.6) is 0 Å². The second-order valence-corrected chi connectivity index (χ2v) is 11.3. The van der Waals surface area contributed by atoms with Crippen molar-refractivity contribution in [1.29, 1.82) is 0 Å². The third-order valence-electron chi connectivity index (χ3n) is 8.33. The Bertz CT molecular complexity index is 1520. The van der Waals surface area contributed by atoms with E-state index in [0.717, 1.165) is 52.0 Å². The van der Waals surface area contributed by atoms with Gasteiger partial charge in [-0.3, -0.25) is 4.90 Å². The average Bonchev–Trinajstić information content (AvgIpc) is 3.29. The van der Waals surface area contributed by atoms with Crippen LogP contribution in [-0.2, 0) is 0 Å². The van der Waals surface area contributed by atoms with Crippen LogP contribution in [-0.4, -0.2) is 80.1 Å². The molecule has 0 saturated carbocycles. The highest BCUT2D eigenvalue weighted by molar-refractivity contribution is 5.83. The van der Waals surface area contributed by atoms with Crippen molar-refractivity contribution in [3.63, 3.8) is 0 Å². The third-order valence-corrected chi connectivity index (χ3v) is 8.33.